The van der Waals surface area contributed by atoms with Gasteiger partial charge in [0.15, 0.2) is 0 Å². The molecule has 1 saturated heterocycles. The van der Waals surface area contributed by atoms with E-state index in [2.05, 4.69) is 35.5 Å². The predicted octanol–water partition coefficient (Wildman–Crippen LogP) is 4.11. The molecule has 1 aromatic rings. The molecule has 4 nitrogen and oxygen atoms in total. The molecule has 0 saturated carbocycles. The molecular weight excluding hydrogens is 306 g/mol. The second-order valence-electron chi connectivity index (χ2n) is 6.62. The Labute approximate surface area is 144 Å². The second-order valence-corrected chi connectivity index (χ2v) is 7.60. The molecule has 1 aromatic heterocycles. The molecule has 1 aliphatic heterocycles. The monoisotopic (exact) mass is 337 g/mol. The van der Waals surface area contributed by atoms with Crippen LogP contribution in [0.3, 0.4) is 0 Å². The Kier molecular flexibility index (Phi) is 7.37. The van der Waals surface area contributed by atoms with Crippen LogP contribution in [0.15, 0.2) is 17.5 Å². The fraction of sp³-hybridized carbons (Fsp3) is 0.722. The van der Waals surface area contributed by atoms with Gasteiger partial charge < -0.3 is 15.1 Å². The highest BCUT2D eigenvalue weighted by Crippen LogP contribution is 2.23. The zero-order chi connectivity index (χ0) is 16.7. The minimum absolute atomic E-state index is 0.0252. The fourth-order valence-electron chi connectivity index (χ4n) is 3.15. The molecule has 2 heterocycles. The van der Waals surface area contributed by atoms with Crippen LogP contribution in [0.5, 0.6) is 0 Å². The number of hydrogen-bond acceptors (Lipinski definition) is 3. The molecule has 130 valence electrons. The molecule has 0 radical (unpaired) electrons. The lowest BCUT2D eigenvalue weighted by Gasteiger charge is -2.33. The maximum atomic E-state index is 12.2. The molecule has 23 heavy (non-hydrogen) atoms. The number of thiophene rings is 1. The van der Waals surface area contributed by atoms with E-state index in [9.17, 15) is 4.79 Å². The summed E-state index contributed by atoms with van der Waals surface area (Å²) in [6.07, 6.45) is 6.27. The molecule has 0 aromatic carbocycles. The summed E-state index contributed by atoms with van der Waals surface area (Å²) in [6.45, 7) is 7.58. The van der Waals surface area contributed by atoms with Crippen molar-refractivity contribution in [3.05, 3.63) is 22.4 Å². The molecule has 1 N–H and O–H groups in total. The Morgan fingerprint density at radius 3 is 3.00 bits per heavy atom. The maximum Gasteiger partial charge on any atom is 0.317 e. The third-order valence-electron chi connectivity index (χ3n) is 4.95. The van der Waals surface area contributed by atoms with Gasteiger partial charge in [0, 0.05) is 24.5 Å². The Morgan fingerprint density at radius 1 is 1.48 bits per heavy atom. The number of carbonyl (C=O) groups excluding carboxylic acids is 1. The summed E-state index contributed by atoms with van der Waals surface area (Å²) in [4.78, 5) is 17.8. The smallest absolute Gasteiger partial charge is 0.317 e. The average molecular weight is 338 g/mol. The number of likely N-dealkylation sites (tertiary alicyclic amines) is 1. The summed E-state index contributed by atoms with van der Waals surface area (Å²) in [5.74, 6) is 0. The van der Waals surface area contributed by atoms with Crippen LogP contribution < -0.4 is 5.32 Å². The lowest BCUT2D eigenvalue weighted by atomic mass is 10.0. The first-order valence-corrected chi connectivity index (χ1v) is 9.75. The Balaban J connectivity index is 1.61. The highest BCUT2D eigenvalue weighted by atomic mass is 32.1. The van der Waals surface area contributed by atoms with E-state index in [1.807, 2.05) is 13.1 Å². The minimum atomic E-state index is 0.0252. The summed E-state index contributed by atoms with van der Waals surface area (Å²) >= 11 is 1.70. The van der Waals surface area contributed by atoms with Gasteiger partial charge in [-0.1, -0.05) is 12.5 Å². The Bertz CT molecular complexity index is 463. The normalized spacial score (nSPS) is 20.2. The number of hydrogen-bond donors (Lipinski definition) is 1. The summed E-state index contributed by atoms with van der Waals surface area (Å²) in [6, 6.07) is 5.00. The number of urea groups is 1. The van der Waals surface area contributed by atoms with Crippen molar-refractivity contribution in [1.82, 2.24) is 15.1 Å². The quantitative estimate of drug-likeness (QED) is 0.760. The van der Waals surface area contributed by atoms with E-state index in [1.54, 1.807) is 16.2 Å². The van der Waals surface area contributed by atoms with E-state index in [4.69, 9.17) is 0 Å². The van der Waals surface area contributed by atoms with Crippen LogP contribution in [0.4, 0.5) is 4.79 Å². The fourth-order valence-corrected chi connectivity index (χ4v) is 3.97. The van der Waals surface area contributed by atoms with E-state index in [-0.39, 0.29) is 12.1 Å². The lowest BCUT2D eigenvalue weighted by Crippen LogP contribution is -2.40. The Hall–Kier alpha value is -1.07. The van der Waals surface area contributed by atoms with E-state index in [0.717, 1.165) is 25.4 Å². The highest BCUT2D eigenvalue weighted by molar-refractivity contribution is 7.10. The summed E-state index contributed by atoms with van der Waals surface area (Å²) in [7, 11) is 1.87. The van der Waals surface area contributed by atoms with Gasteiger partial charge >= 0.3 is 6.03 Å². The third-order valence-corrected chi connectivity index (χ3v) is 5.99. The van der Waals surface area contributed by atoms with Crippen molar-refractivity contribution in [2.24, 2.45) is 0 Å². The predicted molar refractivity (Wildman–Crippen MR) is 98.0 cm³/mol. The minimum Gasteiger partial charge on any atom is -0.338 e. The Morgan fingerprint density at radius 2 is 2.30 bits per heavy atom. The molecular formula is C18H31N3OS. The van der Waals surface area contributed by atoms with Crippen molar-refractivity contribution in [2.75, 3.05) is 26.7 Å². The average Bonchev–Trinajstić information content (AvgIpc) is 3.09. The SMILES string of the molecule is CC1CCCCN1CCCCNC(=O)N(C)C(C)c1cccs1. The van der Waals surface area contributed by atoms with Crippen LogP contribution in [0.25, 0.3) is 0 Å². The molecule has 5 heteroatoms. The number of unbranched alkanes of at least 4 members (excludes halogenated alkanes) is 1. The first-order chi connectivity index (χ1) is 11.1. The van der Waals surface area contributed by atoms with Gasteiger partial charge in [0.25, 0.3) is 0 Å². The number of amides is 2. The number of carbonyl (C=O) groups is 1. The number of rotatable bonds is 7. The van der Waals surface area contributed by atoms with E-state index in [0.29, 0.717) is 0 Å². The van der Waals surface area contributed by atoms with Crippen molar-refractivity contribution in [3.8, 4) is 0 Å². The topological polar surface area (TPSA) is 35.6 Å². The van der Waals surface area contributed by atoms with Gasteiger partial charge in [0.05, 0.1) is 6.04 Å². The first kappa shape index (κ1) is 18.3. The molecule has 2 amide bonds. The van der Waals surface area contributed by atoms with Crippen LogP contribution in [-0.2, 0) is 0 Å². The van der Waals surface area contributed by atoms with Crippen molar-refractivity contribution in [3.63, 3.8) is 0 Å². The van der Waals surface area contributed by atoms with Gasteiger partial charge in [-0.25, -0.2) is 4.79 Å². The molecule has 2 unspecified atom stereocenters. The molecule has 1 fully saturated rings. The molecule has 2 atom stereocenters. The van der Waals surface area contributed by atoms with Crippen LogP contribution in [0, 0.1) is 0 Å². The number of piperidine rings is 1. The van der Waals surface area contributed by atoms with E-state index in [1.165, 1.54) is 37.2 Å². The number of nitrogens with zero attached hydrogens (tertiary/aromatic N) is 2. The standard InChI is InChI=1S/C18H31N3OS/c1-15-9-4-6-12-21(15)13-7-5-11-19-18(22)20(3)16(2)17-10-8-14-23-17/h8,10,14-16H,4-7,9,11-13H2,1-3H3,(H,19,22). The van der Waals surface area contributed by atoms with Gasteiger partial charge in [-0.15, -0.1) is 11.3 Å². The van der Waals surface area contributed by atoms with E-state index >= 15 is 0 Å². The third kappa shape index (κ3) is 5.50. The molecule has 0 aliphatic carbocycles. The molecule has 1 aliphatic rings. The van der Waals surface area contributed by atoms with E-state index < -0.39 is 0 Å². The van der Waals surface area contributed by atoms with Crippen molar-refractivity contribution < 1.29 is 4.79 Å². The molecule has 2 rings (SSSR count). The van der Waals surface area contributed by atoms with Gasteiger partial charge in [0.2, 0.25) is 0 Å². The molecule has 0 bridgehead atoms. The van der Waals surface area contributed by atoms with Crippen molar-refractivity contribution in [2.45, 2.75) is 58.0 Å². The van der Waals surface area contributed by atoms with Gasteiger partial charge in [-0.05, 0) is 64.1 Å². The first-order valence-electron chi connectivity index (χ1n) is 8.87. The van der Waals surface area contributed by atoms with Crippen LogP contribution in [-0.4, -0.2) is 48.6 Å². The second kappa shape index (κ2) is 9.28. The summed E-state index contributed by atoms with van der Waals surface area (Å²) < 4.78 is 0. The summed E-state index contributed by atoms with van der Waals surface area (Å²) in [5.41, 5.74) is 0. The highest BCUT2D eigenvalue weighted by Gasteiger charge is 2.18. The van der Waals surface area contributed by atoms with Crippen LogP contribution in [0.2, 0.25) is 0 Å². The zero-order valence-corrected chi connectivity index (χ0v) is 15.6. The number of nitrogens with one attached hydrogen (secondary N) is 1. The lowest BCUT2D eigenvalue weighted by molar-refractivity contribution is 0.157. The molecule has 0 spiro atoms. The zero-order valence-electron chi connectivity index (χ0n) is 14.8. The summed E-state index contributed by atoms with van der Waals surface area (Å²) in [5, 5.41) is 5.10. The van der Waals surface area contributed by atoms with Gasteiger partial charge in [-0.3, -0.25) is 0 Å². The maximum absolute atomic E-state index is 12.2. The van der Waals surface area contributed by atoms with Crippen molar-refractivity contribution in [1.29, 1.82) is 0 Å². The van der Waals surface area contributed by atoms with Crippen LogP contribution >= 0.6 is 11.3 Å². The van der Waals surface area contributed by atoms with Crippen LogP contribution in [0.1, 0.15) is 56.9 Å². The van der Waals surface area contributed by atoms with Gasteiger partial charge in [-0.2, -0.15) is 0 Å². The van der Waals surface area contributed by atoms with Crippen molar-refractivity contribution >= 4 is 17.4 Å². The largest absolute Gasteiger partial charge is 0.338 e. The van der Waals surface area contributed by atoms with Gasteiger partial charge in [0.1, 0.15) is 0 Å².